The van der Waals surface area contributed by atoms with Gasteiger partial charge in [0.15, 0.2) is 0 Å². The van der Waals surface area contributed by atoms with Gasteiger partial charge in [-0.25, -0.2) is 0 Å². The third-order valence-electron chi connectivity index (χ3n) is 0.965. The number of thioether (sulfide) groups is 2. The highest BCUT2D eigenvalue weighted by Crippen LogP contribution is 2.11. The fourth-order valence-corrected chi connectivity index (χ4v) is 3.46. The van der Waals surface area contributed by atoms with Crippen LogP contribution in [0.3, 0.4) is 0 Å². The Morgan fingerprint density at radius 1 is 0.889 bits per heavy atom. The van der Waals surface area contributed by atoms with Crippen molar-refractivity contribution in [2.45, 2.75) is 0 Å². The van der Waals surface area contributed by atoms with Crippen molar-refractivity contribution in [3.8, 4) is 0 Å². The van der Waals surface area contributed by atoms with Gasteiger partial charge in [0.25, 0.3) is 0 Å². The molecule has 1 saturated heterocycles. The number of rotatable bonds is 0. The zero-order valence-electron chi connectivity index (χ0n) is 5.26. The zero-order valence-corrected chi connectivity index (χ0v) is 7.71. The molecule has 1 aliphatic rings. The molecule has 1 N–H and O–H groups in total. The summed E-state index contributed by atoms with van der Waals surface area (Å²) in [6, 6.07) is 0. The molecule has 0 spiro atoms. The molecule has 1 heterocycles. The van der Waals surface area contributed by atoms with Gasteiger partial charge in [0.2, 0.25) is 0 Å². The maximum Gasteiger partial charge on any atom is 0.0516 e. The summed E-state index contributed by atoms with van der Waals surface area (Å²) >= 11 is 5.90. The molecular weight excluding hydrogens is 170 g/mol. The number of hydrogen-bond acceptors (Lipinski definition) is 4. The lowest BCUT2D eigenvalue weighted by Crippen LogP contribution is -2.02. The Labute approximate surface area is 69.2 Å². The molecule has 0 aromatic carbocycles. The van der Waals surface area contributed by atoms with E-state index in [1.807, 2.05) is 23.7 Å². The van der Waals surface area contributed by atoms with Crippen molar-refractivity contribution >= 4 is 35.5 Å². The van der Waals surface area contributed by atoms with Crippen LogP contribution in [-0.2, 0) is 0 Å². The van der Waals surface area contributed by atoms with Crippen LogP contribution in [0.25, 0.3) is 0 Å². The van der Waals surface area contributed by atoms with Crippen LogP contribution in [0, 0.1) is 0 Å². The second kappa shape index (κ2) is 5.77. The van der Waals surface area contributed by atoms with Gasteiger partial charge in [-0.05, 0) is 0 Å². The summed E-state index contributed by atoms with van der Waals surface area (Å²) in [4.78, 5) is 0. The molecule has 54 valence electrons. The lowest BCUT2D eigenvalue weighted by atomic mass is 10.9. The summed E-state index contributed by atoms with van der Waals surface area (Å²) in [7, 11) is 0. The van der Waals surface area contributed by atoms with E-state index < -0.39 is 0 Å². The molecule has 0 unspecified atom stereocenters. The molecule has 0 aromatic rings. The highest BCUT2D eigenvalue weighted by molar-refractivity contribution is 8.05. The third kappa shape index (κ3) is 4.42. The Hall–Kier alpha value is 1.01. The van der Waals surface area contributed by atoms with E-state index in [1.54, 1.807) is 0 Å². The molecule has 1 rings (SSSR count). The third-order valence-corrected chi connectivity index (χ3v) is 4.25. The average molecular weight is 181 g/mol. The fraction of sp³-hybridized carbons (Fsp3) is 1.00. The lowest BCUT2D eigenvalue weighted by molar-refractivity contribution is 1.23. The highest BCUT2D eigenvalue weighted by atomic mass is 32.2. The van der Waals surface area contributed by atoms with Crippen LogP contribution in [-0.4, -0.2) is 28.9 Å². The van der Waals surface area contributed by atoms with Crippen molar-refractivity contribution in [1.82, 2.24) is 4.72 Å². The van der Waals surface area contributed by atoms with Crippen LogP contribution in [0.2, 0.25) is 0 Å². The van der Waals surface area contributed by atoms with Gasteiger partial charge < -0.3 is 0 Å². The Bertz CT molecular complexity index is 40.7. The first-order chi connectivity index (χ1) is 4.50. The monoisotopic (exact) mass is 181 g/mol. The van der Waals surface area contributed by atoms with Crippen molar-refractivity contribution < 1.29 is 0 Å². The maximum atomic E-state index is 3.29. The van der Waals surface area contributed by atoms with Crippen molar-refractivity contribution in [1.29, 1.82) is 0 Å². The predicted molar refractivity (Wildman–Crippen MR) is 50.2 cm³/mol. The second-order valence-corrected chi connectivity index (χ2v) is 4.97. The molecule has 0 aliphatic carbocycles. The van der Waals surface area contributed by atoms with E-state index in [0.717, 1.165) is 5.88 Å². The van der Waals surface area contributed by atoms with E-state index in [4.69, 9.17) is 0 Å². The molecule has 4 heteroatoms. The Morgan fingerprint density at radius 3 is 2.67 bits per heavy atom. The van der Waals surface area contributed by atoms with Gasteiger partial charge >= 0.3 is 0 Å². The minimum absolute atomic E-state index is 1.12. The lowest BCUT2D eigenvalue weighted by Gasteiger charge is -1.96. The minimum Gasteiger partial charge on any atom is -0.254 e. The first-order valence-corrected chi connectivity index (χ1v) is 6.30. The molecule has 0 radical (unpaired) electrons. The van der Waals surface area contributed by atoms with E-state index >= 15 is 0 Å². The van der Waals surface area contributed by atoms with Gasteiger partial charge in [0.1, 0.15) is 0 Å². The summed E-state index contributed by atoms with van der Waals surface area (Å²) in [6.45, 7) is 0. The van der Waals surface area contributed by atoms with Crippen LogP contribution in [0.1, 0.15) is 0 Å². The van der Waals surface area contributed by atoms with E-state index in [1.165, 1.54) is 23.0 Å². The smallest absolute Gasteiger partial charge is 0.0516 e. The van der Waals surface area contributed by atoms with Crippen molar-refractivity contribution in [2.24, 2.45) is 0 Å². The SMILES string of the molecule is C1CSCNSCCS1. The maximum absolute atomic E-state index is 3.29. The van der Waals surface area contributed by atoms with Gasteiger partial charge in [-0.15, -0.1) is 11.8 Å². The molecule has 0 amide bonds. The Kier molecular flexibility index (Phi) is 5.20. The van der Waals surface area contributed by atoms with E-state index in [9.17, 15) is 0 Å². The number of nitrogens with one attached hydrogen (secondary N) is 1. The largest absolute Gasteiger partial charge is 0.254 e. The van der Waals surface area contributed by atoms with Gasteiger partial charge in [-0.1, -0.05) is 11.9 Å². The van der Waals surface area contributed by atoms with Gasteiger partial charge in [-0.3, -0.25) is 4.72 Å². The van der Waals surface area contributed by atoms with Crippen LogP contribution >= 0.6 is 35.5 Å². The summed E-state index contributed by atoms with van der Waals surface area (Å²) in [5.74, 6) is 6.31. The van der Waals surface area contributed by atoms with Gasteiger partial charge in [0.05, 0.1) is 5.88 Å². The molecule has 9 heavy (non-hydrogen) atoms. The first kappa shape index (κ1) is 8.11. The van der Waals surface area contributed by atoms with E-state index in [2.05, 4.69) is 16.5 Å². The second-order valence-electron chi connectivity index (χ2n) is 1.66. The highest BCUT2D eigenvalue weighted by Gasteiger charge is 1.95. The zero-order chi connectivity index (χ0) is 6.36. The molecule has 0 aromatic heterocycles. The average Bonchev–Trinajstić information content (AvgIpc) is 2.00. The van der Waals surface area contributed by atoms with Crippen LogP contribution in [0.5, 0.6) is 0 Å². The van der Waals surface area contributed by atoms with Crippen molar-refractivity contribution in [3.63, 3.8) is 0 Å². The molecule has 0 saturated carbocycles. The quantitative estimate of drug-likeness (QED) is 0.570. The normalized spacial score (nSPS) is 24.0. The van der Waals surface area contributed by atoms with Crippen LogP contribution < -0.4 is 4.72 Å². The van der Waals surface area contributed by atoms with E-state index in [-0.39, 0.29) is 0 Å². The summed E-state index contributed by atoms with van der Waals surface area (Å²) in [5, 5.41) is 0. The van der Waals surface area contributed by atoms with Crippen LogP contribution in [0.4, 0.5) is 0 Å². The molecule has 1 aliphatic heterocycles. The Balaban J connectivity index is 2.02. The fourth-order valence-electron chi connectivity index (χ4n) is 0.548. The molecular formula is C5H11NS3. The van der Waals surface area contributed by atoms with Gasteiger partial charge in [-0.2, -0.15) is 11.8 Å². The topological polar surface area (TPSA) is 12.0 Å². The Morgan fingerprint density at radius 2 is 1.67 bits per heavy atom. The molecule has 1 fully saturated rings. The minimum atomic E-state index is 1.12. The predicted octanol–water partition coefficient (Wildman–Crippen LogP) is 1.66. The summed E-state index contributed by atoms with van der Waals surface area (Å²) in [5.41, 5.74) is 0. The summed E-state index contributed by atoms with van der Waals surface area (Å²) in [6.07, 6.45) is 0. The molecule has 0 atom stereocenters. The van der Waals surface area contributed by atoms with Crippen molar-refractivity contribution in [3.05, 3.63) is 0 Å². The first-order valence-electron chi connectivity index (χ1n) is 3.00. The molecule has 1 nitrogen and oxygen atoms in total. The van der Waals surface area contributed by atoms with Crippen LogP contribution in [0.15, 0.2) is 0 Å². The molecule has 0 bridgehead atoms. The summed E-state index contributed by atoms with van der Waals surface area (Å²) < 4.78 is 3.29. The number of hydrogen-bond donors (Lipinski definition) is 1. The van der Waals surface area contributed by atoms with Crippen molar-refractivity contribution in [2.75, 3.05) is 28.9 Å². The van der Waals surface area contributed by atoms with Gasteiger partial charge in [0, 0.05) is 23.0 Å². The standard InChI is InChI=1S/C5H11NS3/c1-2-8-5-6-9-4-3-7-1/h6H,1-5H2. The van der Waals surface area contributed by atoms with E-state index in [0.29, 0.717) is 0 Å².